The van der Waals surface area contributed by atoms with E-state index in [2.05, 4.69) is 0 Å². The minimum Gasteiger partial charge on any atom is -0.493 e. The number of ether oxygens (including phenoxy) is 2. The first-order valence-electron chi connectivity index (χ1n) is 9.54. The van der Waals surface area contributed by atoms with Crippen LogP contribution in [0.3, 0.4) is 0 Å². The van der Waals surface area contributed by atoms with Crippen molar-refractivity contribution in [1.29, 1.82) is 0 Å². The third kappa shape index (κ3) is 4.17. The van der Waals surface area contributed by atoms with Gasteiger partial charge in [-0.1, -0.05) is 0 Å². The highest BCUT2D eigenvalue weighted by Gasteiger charge is 2.23. The quantitative estimate of drug-likeness (QED) is 0.334. The Labute approximate surface area is 174 Å². The molecule has 30 heavy (non-hydrogen) atoms. The molecule has 2 heterocycles. The number of fused-ring (bicyclic) bond motifs is 3. The maximum atomic E-state index is 12.3. The molecule has 0 saturated carbocycles. The first kappa shape index (κ1) is 21.4. The van der Waals surface area contributed by atoms with Gasteiger partial charge in [-0.05, 0) is 24.1 Å². The molecule has 0 unspecified atom stereocenters. The van der Waals surface area contributed by atoms with Gasteiger partial charge in [-0.25, -0.2) is 10.6 Å². The number of aromatic carboxylic acids is 1. The lowest BCUT2D eigenvalue weighted by atomic mass is 9.93. The molecule has 0 bridgehead atoms. The average Bonchev–Trinajstić information content (AvgIpc) is 2.71. The molecule has 1 aromatic carbocycles. The van der Waals surface area contributed by atoms with Crippen LogP contribution in [0.4, 0.5) is 0 Å². The van der Waals surface area contributed by atoms with Crippen LogP contribution in [0.1, 0.15) is 27.9 Å². The Bertz CT molecular complexity index is 1040. The van der Waals surface area contributed by atoms with Crippen molar-refractivity contribution in [3.63, 3.8) is 0 Å². The van der Waals surface area contributed by atoms with Crippen LogP contribution >= 0.6 is 0 Å². The summed E-state index contributed by atoms with van der Waals surface area (Å²) in [7, 11) is 3.31. The van der Waals surface area contributed by atoms with E-state index in [0.717, 1.165) is 17.5 Å². The van der Waals surface area contributed by atoms with Crippen molar-refractivity contribution >= 4 is 11.7 Å². The normalized spacial score (nSPS) is 12.8. The van der Waals surface area contributed by atoms with E-state index in [1.54, 1.807) is 18.7 Å². The van der Waals surface area contributed by atoms with Crippen LogP contribution in [0.25, 0.3) is 17.0 Å². The Morgan fingerprint density at radius 1 is 1.30 bits per heavy atom. The Kier molecular flexibility index (Phi) is 6.43. The molecule has 0 atom stereocenters. The van der Waals surface area contributed by atoms with E-state index in [-0.39, 0.29) is 5.56 Å². The molecule has 9 nitrogen and oxygen atoms in total. The third-order valence-electron chi connectivity index (χ3n) is 5.03. The fourth-order valence-corrected chi connectivity index (χ4v) is 3.56. The van der Waals surface area contributed by atoms with Gasteiger partial charge in [0.05, 0.1) is 18.0 Å². The monoisotopic (exact) mass is 414 g/mol. The van der Waals surface area contributed by atoms with Crippen molar-refractivity contribution in [2.75, 3.05) is 27.4 Å². The van der Waals surface area contributed by atoms with Crippen LogP contribution in [0.2, 0.25) is 0 Å². The summed E-state index contributed by atoms with van der Waals surface area (Å²) in [5, 5.41) is 10.6. The summed E-state index contributed by atoms with van der Waals surface area (Å²) in [6, 6.07) is 5.18. The van der Waals surface area contributed by atoms with Crippen LogP contribution < -0.4 is 21.7 Å². The zero-order valence-electron chi connectivity index (χ0n) is 17.1. The van der Waals surface area contributed by atoms with Gasteiger partial charge in [0.25, 0.3) is 0 Å². The molecule has 9 heteroatoms. The third-order valence-corrected chi connectivity index (χ3v) is 5.03. The fraction of sp³-hybridized carbons (Fsp3) is 0.333. The van der Waals surface area contributed by atoms with Gasteiger partial charge in [-0.3, -0.25) is 4.79 Å². The number of hydrogen-bond acceptors (Lipinski definition) is 7. The van der Waals surface area contributed by atoms with Crippen LogP contribution in [0, 0.1) is 0 Å². The lowest BCUT2D eigenvalue weighted by Crippen LogP contribution is -2.26. The lowest BCUT2D eigenvalue weighted by molar-refractivity contribution is 0.0694. The number of carboxylic acid groups (broad SMARTS) is 1. The maximum absolute atomic E-state index is 12.3. The standard InChI is InChI=1S/C21H26N4O5/c1-24(23)18(11-22)15-9-14-13(8-20(15)30-7-3-6-29-2)4-5-25-12-16(21(27)28)19(26)10-17(14)25/h8-12H,3-7,22-23H2,1-2H3,(H,27,28)/b18-11-. The van der Waals surface area contributed by atoms with Crippen molar-refractivity contribution in [1.82, 2.24) is 9.58 Å². The predicted molar refractivity (Wildman–Crippen MR) is 113 cm³/mol. The second-order valence-corrected chi connectivity index (χ2v) is 7.05. The van der Waals surface area contributed by atoms with Crippen LogP contribution in [-0.4, -0.2) is 48.0 Å². The number of carboxylic acids is 1. The maximum Gasteiger partial charge on any atom is 0.341 e. The van der Waals surface area contributed by atoms with Crippen LogP contribution in [0.15, 0.2) is 35.4 Å². The van der Waals surface area contributed by atoms with Crippen LogP contribution in [0.5, 0.6) is 5.75 Å². The molecule has 0 fully saturated rings. The van der Waals surface area contributed by atoms with E-state index in [0.29, 0.717) is 48.9 Å². The van der Waals surface area contributed by atoms with E-state index < -0.39 is 11.4 Å². The van der Waals surface area contributed by atoms with Gasteiger partial charge in [-0.15, -0.1) is 0 Å². The van der Waals surface area contributed by atoms with E-state index in [4.69, 9.17) is 21.1 Å². The van der Waals surface area contributed by atoms with Crippen molar-refractivity contribution in [3.05, 3.63) is 57.5 Å². The van der Waals surface area contributed by atoms with Gasteiger partial charge in [0.15, 0.2) is 5.43 Å². The zero-order chi connectivity index (χ0) is 21.8. The summed E-state index contributed by atoms with van der Waals surface area (Å²) < 4.78 is 12.9. The second-order valence-electron chi connectivity index (χ2n) is 7.05. The Hall–Kier alpha value is -3.30. The van der Waals surface area contributed by atoms with Gasteiger partial charge >= 0.3 is 5.97 Å². The average molecular weight is 414 g/mol. The molecular weight excluding hydrogens is 388 g/mol. The van der Waals surface area contributed by atoms with E-state index >= 15 is 0 Å². The molecule has 0 radical (unpaired) electrons. The van der Waals surface area contributed by atoms with Crippen molar-refractivity contribution in [3.8, 4) is 17.0 Å². The first-order valence-corrected chi connectivity index (χ1v) is 9.54. The number of nitrogens with two attached hydrogens (primary N) is 2. The molecule has 160 valence electrons. The number of aromatic nitrogens is 1. The number of aryl methyl sites for hydroxylation is 2. The predicted octanol–water partition coefficient (Wildman–Crippen LogP) is 1.25. The number of nitrogens with zero attached hydrogens (tertiary/aromatic N) is 2. The number of pyridine rings is 1. The summed E-state index contributed by atoms with van der Waals surface area (Å²) in [4.78, 5) is 23.6. The number of carbonyl (C=O) groups is 1. The summed E-state index contributed by atoms with van der Waals surface area (Å²) in [5.41, 5.74) is 8.74. The number of benzene rings is 1. The van der Waals surface area contributed by atoms with E-state index in [1.165, 1.54) is 23.5 Å². The number of hydrogen-bond donors (Lipinski definition) is 3. The SMILES string of the molecule is COCCCOc1cc2c(cc1/C(=C/N)N(C)N)-c1cc(=O)c(C(=O)O)cn1CC2. The first-order chi connectivity index (χ1) is 14.4. The zero-order valence-corrected chi connectivity index (χ0v) is 17.1. The summed E-state index contributed by atoms with van der Waals surface area (Å²) in [6.07, 6.45) is 4.18. The minimum absolute atomic E-state index is 0.246. The summed E-state index contributed by atoms with van der Waals surface area (Å²) >= 11 is 0. The molecule has 0 saturated heterocycles. The van der Waals surface area contributed by atoms with Gasteiger partial charge in [-0.2, -0.15) is 0 Å². The molecule has 1 aromatic heterocycles. The summed E-state index contributed by atoms with van der Waals surface area (Å²) in [6.45, 7) is 1.60. The Morgan fingerprint density at radius 2 is 2.07 bits per heavy atom. The molecule has 5 N–H and O–H groups in total. The smallest absolute Gasteiger partial charge is 0.341 e. The topological polar surface area (TPSA) is 133 Å². The van der Waals surface area contributed by atoms with Gasteiger partial charge in [0, 0.05) is 63.3 Å². The fourth-order valence-electron chi connectivity index (χ4n) is 3.56. The highest BCUT2D eigenvalue weighted by Crippen LogP contribution is 2.37. The molecule has 0 aliphatic carbocycles. The number of rotatable bonds is 8. The Morgan fingerprint density at radius 3 is 2.70 bits per heavy atom. The molecule has 2 aromatic rings. The van der Waals surface area contributed by atoms with Gasteiger partial charge in [0.1, 0.15) is 11.3 Å². The highest BCUT2D eigenvalue weighted by molar-refractivity contribution is 5.88. The van der Waals surface area contributed by atoms with E-state index in [9.17, 15) is 14.7 Å². The summed E-state index contributed by atoms with van der Waals surface area (Å²) in [5.74, 6) is 5.36. The Balaban J connectivity index is 2.13. The van der Waals surface area contributed by atoms with Gasteiger partial charge in [0.2, 0.25) is 0 Å². The number of hydrazine groups is 1. The van der Waals surface area contributed by atoms with Crippen molar-refractivity contribution in [2.45, 2.75) is 19.4 Å². The van der Waals surface area contributed by atoms with Gasteiger partial charge < -0.3 is 29.9 Å². The lowest BCUT2D eigenvalue weighted by Gasteiger charge is -2.26. The van der Waals surface area contributed by atoms with Crippen molar-refractivity contribution in [2.24, 2.45) is 11.6 Å². The van der Waals surface area contributed by atoms with Crippen LogP contribution in [-0.2, 0) is 17.7 Å². The number of methoxy groups -OCH3 is 1. The molecule has 3 rings (SSSR count). The molecule has 1 aliphatic rings. The van der Waals surface area contributed by atoms with E-state index in [1.807, 2.05) is 12.1 Å². The molecular formula is C21H26N4O5. The molecule has 0 amide bonds. The largest absolute Gasteiger partial charge is 0.493 e. The second kappa shape index (κ2) is 9.02. The highest BCUT2D eigenvalue weighted by atomic mass is 16.5. The molecule has 0 spiro atoms. The molecule has 1 aliphatic heterocycles. The minimum atomic E-state index is -1.24. The van der Waals surface area contributed by atoms with Crippen molar-refractivity contribution < 1.29 is 19.4 Å².